The van der Waals surface area contributed by atoms with Crippen LogP contribution in [0.3, 0.4) is 0 Å². The SMILES string of the molecule is C[C@@H](Cc1ccc(C(F)(F)F)cc1)NC(=O)c1cc(Cl)ccc1NS(=O)(=O)c1ccc(Oc2ccccc2Cl)cc1. The molecule has 1 atom stereocenters. The molecule has 4 aromatic rings. The van der Waals surface area contributed by atoms with E-state index in [4.69, 9.17) is 27.9 Å². The number of para-hydroxylation sites is 1. The van der Waals surface area contributed by atoms with E-state index >= 15 is 0 Å². The van der Waals surface area contributed by atoms with Crippen LogP contribution in [0.1, 0.15) is 28.4 Å². The Balaban J connectivity index is 1.46. The van der Waals surface area contributed by atoms with Gasteiger partial charge in [0.1, 0.15) is 11.5 Å². The highest BCUT2D eigenvalue weighted by atomic mass is 35.5. The van der Waals surface area contributed by atoms with Crippen LogP contribution in [0.15, 0.2) is 95.9 Å². The first-order valence-corrected chi connectivity index (χ1v) is 14.4. The average molecular weight is 623 g/mol. The third kappa shape index (κ3) is 7.93. The second-order valence-electron chi connectivity index (χ2n) is 9.07. The molecule has 2 N–H and O–H groups in total. The van der Waals surface area contributed by atoms with Crippen molar-refractivity contribution >= 4 is 44.8 Å². The van der Waals surface area contributed by atoms with Gasteiger partial charge < -0.3 is 10.1 Å². The van der Waals surface area contributed by atoms with Crippen molar-refractivity contribution in [2.24, 2.45) is 0 Å². The molecule has 4 aromatic carbocycles. The van der Waals surface area contributed by atoms with Crippen molar-refractivity contribution < 1.29 is 31.1 Å². The monoisotopic (exact) mass is 622 g/mol. The lowest BCUT2D eigenvalue weighted by Gasteiger charge is -2.17. The zero-order valence-corrected chi connectivity index (χ0v) is 23.7. The number of anilines is 1. The molecule has 12 heteroatoms. The van der Waals surface area contributed by atoms with Crippen molar-refractivity contribution in [2.75, 3.05) is 4.72 Å². The highest BCUT2D eigenvalue weighted by Crippen LogP contribution is 2.31. The molecule has 4 rings (SSSR count). The summed E-state index contributed by atoms with van der Waals surface area (Å²) in [6, 6.07) is 20.7. The zero-order valence-electron chi connectivity index (χ0n) is 21.4. The van der Waals surface area contributed by atoms with Crippen molar-refractivity contribution in [2.45, 2.75) is 30.5 Å². The largest absolute Gasteiger partial charge is 0.456 e. The van der Waals surface area contributed by atoms with E-state index in [-0.39, 0.29) is 27.6 Å². The van der Waals surface area contributed by atoms with Gasteiger partial charge in [-0.25, -0.2) is 8.42 Å². The van der Waals surface area contributed by atoms with Gasteiger partial charge in [0.15, 0.2) is 0 Å². The minimum absolute atomic E-state index is 0.00924. The van der Waals surface area contributed by atoms with Gasteiger partial charge in [0, 0.05) is 11.1 Å². The van der Waals surface area contributed by atoms with Gasteiger partial charge in [-0.05, 0) is 85.6 Å². The fourth-order valence-corrected chi connectivity index (χ4v) is 5.30. The summed E-state index contributed by atoms with van der Waals surface area (Å²) in [7, 11) is -4.12. The van der Waals surface area contributed by atoms with Crippen molar-refractivity contribution in [3.63, 3.8) is 0 Å². The predicted octanol–water partition coefficient (Wildman–Crippen LogP) is 7.97. The Hall–Kier alpha value is -3.73. The summed E-state index contributed by atoms with van der Waals surface area (Å²) in [5.41, 5.74) is -0.222. The molecule has 0 saturated carbocycles. The maximum atomic E-state index is 13.1. The molecule has 0 saturated heterocycles. The first-order chi connectivity index (χ1) is 19.3. The van der Waals surface area contributed by atoms with E-state index in [2.05, 4.69) is 10.0 Å². The lowest BCUT2D eigenvalue weighted by Crippen LogP contribution is -2.34. The normalized spacial score (nSPS) is 12.4. The summed E-state index contributed by atoms with van der Waals surface area (Å²) < 4.78 is 72.8. The van der Waals surface area contributed by atoms with Crippen LogP contribution < -0.4 is 14.8 Å². The van der Waals surface area contributed by atoms with Crippen molar-refractivity contribution in [1.29, 1.82) is 0 Å². The molecule has 0 bridgehead atoms. The van der Waals surface area contributed by atoms with E-state index in [9.17, 15) is 26.4 Å². The number of amides is 1. The first kappa shape index (κ1) is 30.2. The lowest BCUT2D eigenvalue weighted by molar-refractivity contribution is -0.137. The van der Waals surface area contributed by atoms with Crippen LogP contribution in [0.25, 0.3) is 0 Å². The van der Waals surface area contributed by atoms with Crippen molar-refractivity contribution in [1.82, 2.24) is 5.32 Å². The third-order valence-corrected chi connectivity index (χ3v) is 7.80. The number of alkyl halides is 3. The van der Waals surface area contributed by atoms with Gasteiger partial charge in [0.05, 0.1) is 26.7 Å². The molecule has 0 unspecified atom stereocenters. The van der Waals surface area contributed by atoms with Crippen LogP contribution in [0.5, 0.6) is 11.5 Å². The van der Waals surface area contributed by atoms with Crippen molar-refractivity contribution in [3.05, 3.63) is 118 Å². The van der Waals surface area contributed by atoms with E-state index in [1.54, 1.807) is 31.2 Å². The van der Waals surface area contributed by atoms with Crippen LogP contribution >= 0.6 is 23.2 Å². The number of hydrogen-bond acceptors (Lipinski definition) is 4. The molecule has 0 aliphatic carbocycles. The number of ether oxygens (including phenoxy) is 1. The highest BCUT2D eigenvalue weighted by Gasteiger charge is 2.30. The van der Waals surface area contributed by atoms with Gasteiger partial charge in [0.2, 0.25) is 0 Å². The number of rotatable bonds is 9. The minimum Gasteiger partial charge on any atom is -0.456 e. The second kappa shape index (κ2) is 12.4. The van der Waals surface area contributed by atoms with Crippen LogP contribution in [0.2, 0.25) is 10.0 Å². The molecular formula is C29H23Cl2F3N2O4S. The van der Waals surface area contributed by atoms with Gasteiger partial charge in [-0.2, -0.15) is 13.2 Å². The van der Waals surface area contributed by atoms with E-state index in [0.717, 1.165) is 12.1 Å². The first-order valence-electron chi connectivity index (χ1n) is 12.1. The molecular weight excluding hydrogens is 600 g/mol. The second-order valence-corrected chi connectivity index (χ2v) is 11.6. The lowest BCUT2D eigenvalue weighted by atomic mass is 10.0. The smallest absolute Gasteiger partial charge is 0.416 e. The summed E-state index contributed by atoms with van der Waals surface area (Å²) in [4.78, 5) is 13.0. The fraction of sp³-hybridized carbons (Fsp3) is 0.138. The van der Waals surface area contributed by atoms with E-state index in [1.165, 1.54) is 54.6 Å². The Morgan fingerprint density at radius 1 is 0.927 bits per heavy atom. The number of nitrogens with one attached hydrogen (secondary N) is 2. The molecule has 0 heterocycles. The van der Waals surface area contributed by atoms with Gasteiger partial charge >= 0.3 is 6.18 Å². The molecule has 0 aromatic heterocycles. The van der Waals surface area contributed by atoms with Crippen LogP contribution in [-0.4, -0.2) is 20.4 Å². The molecule has 41 heavy (non-hydrogen) atoms. The average Bonchev–Trinajstić information content (AvgIpc) is 2.91. The summed E-state index contributed by atoms with van der Waals surface area (Å²) in [5, 5.41) is 3.34. The van der Waals surface area contributed by atoms with Gasteiger partial charge in [-0.3, -0.25) is 9.52 Å². The molecule has 0 aliphatic heterocycles. The molecule has 1 amide bonds. The number of halogens is 5. The van der Waals surface area contributed by atoms with Crippen LogP contribution in [0, 0.1) is 0 Å². The third-order valence-electron chi connectivity index (χ3n) is 5.87. The molecule has 6 nitrogen and oxygen atoms in total. The van der Waals surface area contributed by atoms with Crippen LogP contribution in [0.4, 0.5) is 18.9 Å². The summed E-state index contributed by atoms with van der Waals surface area (Å²) in [6.45, 7) is 1.68. The maximum absolute atomic E-state index is 13.1. The molecule has 0 radical (unpaired) electrons. The Labute approximate surface area is 245 Å². The Bertz CT molecular complexity index is 1650. The van der Waals surface area contributed by atoms with Gasteiger partial charge in [0.25, 0.3) is 15.9 Å². The molecule has 0 aliphatic rings. The van der Waals surface area contributed by atoms with Crippen molar-refractivity contribution in [3.8, 4) is 11.5 Å². The number of carbonyl (C=O) groups excluding carboxylic acids is 1. The summed E-state index contributed by atoms with van der Waals surface area (Å²) >= 11 is 12.2. The summed E-state index contributed by atoms with van der Waals surface area (Å²) in [5.74, 6) is 0.158. The van der Waals surface area contributed by atoms with E-state index in [0.29, 0.717) is 22.1 Å². The summed E-state index contributed by atoms with van der Waals surface area (Å²) in [6.07, 6.45) is -4.20. The fourth-order valence-electron chi connectivity index (χ4n) is 3.87. The van der Waals surface area contributed by atoms with E-state index in [1.807, 2.05) is 0 Å². The number of carbonyl (C=O) groups is 1. The Kier molecular flexibility index (Phi) is 9.16. The van der Waals surface area contributed by atoms with E-state index < -0.39 is 33.7 Å². The maximum Gasteiger partial charge on any atom is 0.416 e. The minimum atomic E-state index is -4.44. The Morgan fingerprint density at radius 2 is 1.59 bits per heavy atom. The molecule has 214 valence electrons. The Morgan fingerprint density at radius 3 is 2.22 bits per heavy atom. The molecule has 0 fully saturated rings. The van der Waals surface area contributed by atoms with Gasteiger partial charge in [-0.1, -0.05) is 47.5 Å². The molecule has 0 spiro atoms. The quantitative estimate of drug-likeness (QED) is 0.198. The van der Waals surface area contributed by atoms with Gasteiger partial charge in [-0.15, -0.1) is 0 Å². The topological polar surface area (TPSA) is 84.5 Å². The predicted molar refractivity (Wildman–Crippen MR) is 152 cm³/mol. The number of sulfonamides is 1. The zero-order chi connectivity index (χ0) is 29.8. The number of hydrogen-bond donors (Lipinski definition) is 2. The van der Waals surface area contributed by atoms with Crippen LogP contribution in [-0.2, 0) is 22.6 Å². The number of benzene rings is 4. The highest BCUT2D eigenvalue weighted by molar-refractivity contribution is 7.92. The standard InChI is InChI=1S/C29H23Cl2F3N2O4S/c1-18(16-19-6-8-20(9-7-19)29(32,33)34)35-28(37)24-17-21(30)10-15-26(24)36-41(38,39)23-13-11-22(12-14-23)40-27-5-3-2-4-25(27)31/h2-15,17-18,36H,16H2,1H3,(H,35,37)/t18-/m0/s1.